The molecule has 1 aromatic rings. The lowest BCUT2D eigenvalue weighted by Gasteiger charge is -2.02. The van der Waals surface area contributed by atoms with Gasteiger partial charge in [0, 0.05) is 6.20 Å². The van der Waals surface area contributed by atoms with Crippen LogP contribution < -0.4 is 0 Å². The minimum absolute atomic E-state index is 0.00231. The Hall–Kier alpha value is -0.710. The fourth-order valence-electron chi connectivity index (χ4n) is 0.602. The first kappa shape index (κ1) is 8.39. The van der Waals surface area contributed by atoms with Crippen LogP contribution in [-0.4, -0.2) is 10.1 Å². The number of aromatic nitrogens is 1. The average molecular weight is 224 g/mol. The molecule has 0 bridgehead atoms. The third-order valence-electron chi connectivity index (χ3n) is 1.12. The second-order valence-corrected chi connectivity index (χ2v) is 2.66. The van der Waals surface area contributed by atoms with Crippen LogP contribution in [0.2, 0.25) is 0 Å². The molecule has 0 atom stereocenters. The second kappa shape index (κ2) is 3.13. The van der Waals surface area contributed by atoms with Crippen LogP contribution in [0.25, 0.3) is 0 Å². The summed E-state index contributed by atoms with van der Waals surface area (Å²) in [4.78, 5) is 3.41. The molecule has 0 radical (unpaired) electrons. The van der Waals surface area contributed by atoms with E-state index in [2.05, 4.69) is 20.9 Å². The van der Waals surface area contributed by atoms with Crippen molar-refractivity contribution in [3.05, 3.63) is 22.4 Å². The van der Waals surface area contributed by atoms with Gasteiger partial charge in [-0.05, 0) is 15.9 Å². The van der Waals surface area contributed by atoms with E-state index in [1.54, 1.807) is 0 Å². The molecular weight excluding hydrogens is 220 g/mol. The van der Waals surface area contributed by atoms with Crippen molar-refractivity contribution in [1.82, 2.24) is 4.98 Å². The van der Waals surface area contributed by atoms with Gasteiger partial charge in [0.1, 0.15) is 5.75 Å². The van der Waals surface area contributed by atoms with E-state index in [-0.39, 0.29) is 15.8 Å². The number of alkyl halides is 2. The number of pyridine rings is 1. The highest BCUT2D eigenvalue weighted by atomic mass is 79.9. The fraction of sp³-hybridized carbons (Fsp3) is 0.167. The molecule has 11 heavy (non-hydrogen) atoms. The lowest BCUT2D eigenvalue weighted by Crippen LogP contribution is -1.87. The third-order valence-corrected chi connectivity index (χ3v) is 1.99. The molecule has 0 unspecified atom stereocenters. The summed E-state index contributed by atoms with van der Waals surface area (Å²) in [7, 11) is 0. The zero-order valence-corrected chi connectivity index (χ0v) is 6.85. The maximum Gasteiger partial charge on any atom is 0.266 e. The molecule has 0 aliphatic rings. The van der Waals surface area contributed by atoms with Gasteiger partial charge in [-0.2, -0.15) is 0 Å². The van der Waals surface area contributed by atoms with Gasteiger partial charge in [-0.1, -0.05) is 0 Å². The molecule has 5 heteroatoms. The normalized spacial score (nSPS) is 10.5. The molecule has 0 saturated heterocycles. The summed E-state index contributed by atoms with van der Waals surface area (Å²) < 4.78 is 24.1. The molecule has 2 nitrogen and oxygen atoms in total. The summed E-state index contributed by atoms with van der Waals surface area (Å²) in [6, 6.07) is 0. The van der Waals surface area contributed by atoms with Crippen LogP contribution in [0.3, 0.4) is 0 Å². The Kier molecular flexibility index (Phi) is 2.38. The summed E-state index contributed by atoms with van der Waals surface area (Å²) in [5, 5.41) is 8.91. The molecule has 1 heterocycles. The van der Waals surface area contributed by atoms with E-state index < -0.39 is 6.43 Å². The highest BCUT2D eigenvalue weighted by Crippen LogP contribution is 2.32. The maximum atomic E-state index is 12.0. The van der Waals surface area contributed by atoms with Gasteiger partial charge < -0.3 is 5.11 Å². The Morgan fingerprint density at radius 2 is 2.09 bits per heavy atom. The van der Waals surface area contributed by atoms with Crippen molar-refractivity contribution in [1.29, 1.82) is 0 Å². The van der Waals surface area contributed by atoms with Crippen LogP contribution in [0.4, 0.5) is 8.78 Å². The molecule has 0 fully saturated rings. The summed E-state index contributed by atoms with van der Waals surface area (Å²) in [6.45, 7) is 0. The van der Waals surface area contributed by atoms with Crippen LogP contribution >= 0.6 is 15.9 Å². The standard InChI is InChI=1S/C6H4BrF2NO/c7-5-3(6(8)9)1-10-2-4(5)11/h1-2,6,11H. The van der Waals surface area contributed by atoms with E-state index in [1.165, 1.54) is 0 Å². The predicted octanol–water partition coefficient (Wildman–Crippen LogP) is 2.49. The molecule has 0 saturated carbocycles. The number of halogens is 3. The van der Waals surface area contributed by atoms with Crippen molar-refractivity contribution in [3.63, 3.8) is 0 Å². The minimum Gasteiger partial charge on any atom is -0.505 e. The van der Waals surface area contributed by atoms with Gasteiger partial charge in [-0.3, -0.25) is 4.98 Å². The highest BCUT2D eigenvalue weighted by Gasteiger charge is 2.13. The summed E-state index contributed by atoms with van der Waals surface area (Å²) >= 11 is 2.81. The minimum atomic E-state index is -2.62. The van der Waals surface area contributed by atoms with Crippen molar-refractivity contribution in [2.45, 2.75) is 6.43 Å². The van der Waals surface area contributed by atoms with Crippen molar-refractivity contribution in [2.24, 2.45) is 0 Å². The number of nitrogens with zero attached hydrogens (tertiary/aromatic N) is 1. The lowest BCUT2D eigenvalue weighted by molar-refractivity contribution is 0.149. The predicted molar refractivity (Wildman–Crippen MR) is 38.6 cm³/mol. The smallest absolute Gasteiger partial charge is 0.266 e. The van der Waals surface area contributed by atoms with Crippen LogP contribution in [0, 0.1) is 0 Å². The van der Waals surface area contributed by atoms with Gasteiger partial charge >= 0.3 is 0 Å². The maximum absolute atomic E-state index is 12.0. The molecule has 0 amide bonds. The molecule has 1 N–H and O–H groups in total. The first-order valence-corrected chi connectivity index (χ1v) is 3.52. The van der Waals surface area contributed by atoms with E-state index in [0.29, 0.717) is 0 Å². The van der Waals surface area contributed by atoms with E-state index >= 15 is 0 Å². The average Bonchev–Trinajstić information content (AvgIpc) is 1.94. The molecule has 1 rings (SSSR count). The Labute approximate surface area is 70.0 Å². The van der Waals surface area contributed by atoms with Gasteiger partial charge in [0.25, 0.3) is 6.43 Å². The van der Waals surface area contributed by atoms with Gasteiger partial charge in [0.15, 0.2) is 0 Å². The van der Waals surface area contributed by atoms with Gasteiger partial charge in [0.05, 0.1) is 16.2 Å². The summed E-state index contributed by atoms with van der Waals surface area (Å²) in [5.41, 5.74) is -0.301. The zero-order valence-electron chi connectivity index (χ0n) is 5.26. The van der Waals surface area contributed by atoms with Gasteiger partial charge in [-0.25, -0.2) is 8.78 Å². The Balaban J connectivity index is 3.17. The first-order chi connectivity index (χ1) is 5.13. The first-order valence-electron chi connectivity index (χ1n) is 2.73. The largest absolute Gasteiger partial charge is 0.505 e. The van der Waals surface area contributed by atoms with Crippen LogP contribution in [0.15, 0.2) is 16.9 Å². The SMILES string of the molecule is Oc1cncc(C(F)F)c1Br. The zero-order chi connectivity index (χ0) is 8.43. The molecule has 0 spiro atoms. The van der Waals surface area contributed by atoms with Crippen LogP contribution in [-0.2, 0) is 0 Å². The quantitative estimate of drug-likeness (QED) is 0.794. The number of aromatic hydroxyl groups is 1. The molecule has 0 aliphatic carbocycles. The van der Waals surface area contributed by atoms with Gasteiger partial charge in [0.2, 0.25) is 0 Å². The van der Waals surface area contributed by atoms with Crippen molar-refractivity contribution in [2.75, 3.05) is 0 Å². The number of hydrogen-bond donors (Lipinski definition) is 1. The van der Waals surface area contributed by atoms with E-state index in [4.69, 9.17) is 5.11 Å². The Morgan fingerprint density at radius 3 is 2.55 bits per heavy atom. The molecule has 1 aromatic heterocycles. The molecule has 0 aliphatic heterocycles. The highest BCUT2D eigenvalue weighted by molar-refractivity contribution is 9.10. The summed E-state index contributed by atoms with van der Waals surface area (Å²) in [5.74, 6) is -0.275. The monoisotopic (exact) mass is 223 g/mol. The van der Waals surface area contributed by atoms with E-state index in [1.807, 2.05) is 0 Å². The van der Waals surface area contributed by atoms with Crippen molar-refractivity contribution < 1.29 is 13.9 Å². The van der Waals surface area contributed by atoms with Crippen LogP contribution in [0.1, 0.15) is 12.0 Å². The van der Waals surface area contributed by atoms with Crippen molar-refractivity contribution in [3.8, 4) is 5.75 Å². The fourth-order valence-corrected chi connectivity index (χ4v) is 0.979. The van der Waals surface area contributed by atoms with E-state index in [9.17, 15) is 8.78 Å². The Bertz CT molecular complexity index is 267. The molecule has 0 aromatic carbocycles. The lowest BCUT2D eigenvalue weighted by atomic mass is 10.3. The number of rotatable bonds is 1. The topological polar surface area (TPSA) is 33.1 Å². The van der Waals surface area contributed by atoms with Crippen LogP contribution in [0.5, 0.6) is 5.75 Å². The Morgan fingerprint density at radius 1 is 1.45 bits per heavy atom. The molecule has 60 valence electrons. The van der Waals surface area contributed by atoms with Crippen molar-refractivity contribution >= 4 is 15.9 Å². The second-order valence-electron chi connectivity index (χ2n) is 1.86. The number of hydrogen-bond acceptors (Lipinski definition) is 2. The van der Waals surface area contributed by atoms with E-state index in [0.717, 1.165) is 12.4 Å². The van der Waals surface area contributed by atoms with Gasteiger partial charge in [-0.15, -0.1) is 0 Å². The molecular formula is C6H4BrF2NO. The third kappa shape index (κ3) is 1.65. The summed E-state index contributed by atoms with van der Waals surface area (Å²) in [6.07, 6.45) is -0.520.